The predicted octanol–water partition coefficient (Wildman–Crippen LogP) is 3.70. The molecule has 0 saturated carbocycles. The van der Waals surface area contributed by atoms with E-state index in [2.05, 4.69) is 21.9 Å². The molecule has 22 heavy (non-hydrogen) atoms. The third-order valence-electron chi connectivity index (χ3n) is 3.95. The maximum absolute atomic E-state index is 5.51. The average Bonchev–Trinajstić information content (AvgIpc) is 3.03. The number of furan rings is 1. The molecule has 1 saturated heterocycles. The molecule has 3 heterocycles. The molecule has 0 spiro atoms. The first-order valence-corrected chi connectivity index (χ1v) is 8.15. The second-order valence-electron chi connectivity index (χ2n) is 6.07. The van der Waals surface area contributed by atoms with Crippen molar-refractivity contribution in [1.82, 2.24) is 19.7 Å². The molecule has 2 aromatic rings. The summed E-state index contributed by atoms with van der Waals surface area (Å²) in [6.45, 7) is 7.26. The molecule has 1 atom stereocenters. The minimum absolute atomic E-state index is 0.591. The average molecular weight is 318 g/mol. The monoisotopic (exact) mass is 318 g/mol. The molecule has 0 amide bonds. The van der Waals surface area contributed by atoms with Gasteiger partial charge in [0.1, 0.15) is 17.3 Å². The molecule has 1 aliphatic rings. The van der Waals surface area contributed by atoms with Gasteiger partial charge in [0.2, 0.25) is 4.77 Å². The molecule has 0 aromatic carbocycles. The third kappa shape index (κ3) is 3.75. The minimum atomic E-state index is 0.591. The minimum Gasteiger partial charge on any atom is -0.462 e. The normalized spacial score (nSPS) is 20.0. The van der Waals surface area contributed by atoms with E-state index < -0.39 is 0 Å². The highest BCUT2D eigenvalue weighted by Crippen LogP contribution is 2.16. The maximum atomic E-state index is 5.51. The predicted molar refractivity (Wildman–Crippen MR) is 89.8 cm³/mol. The van der Waals surface area contributed by atoms with Gasteiger partial charge in [0, 0.05) is 6.54 Å². The summed E-state index contributed by atoms with van der Waals surface area (Å²) in [7, 11) is 0. The largest absolute Gasteiger partial charge is 0.462 e. The Labute approximate surface area is 135 Å². The van der Waals surface area contributed by atoms with Crippen LogP contribution in [0.3, 0.4) is 0 Å². The van der Waals surface area contributed by atoms with Crippen molar-refractivity contribution in [2.75, 3.05) is 13.1 Å². The number of aromatic nitrogens is 3. The van der Waals surface area contributed by atoms with Gasteiger partial charge in [-0.2, -0.15) is 4.98 Å². The fraction of sp³-hybridized carbons (Fsp3) is 0.500. The van der Waals surface area contributed by atoms with E-state index in [1.807, 2.05) is 35.9 Å². The van der Waals surface area contributed by atoms with Crippen molar-refractivity contribution < 1.29 is 4.42 Å². The molecule has 1 aliphatic heterocycles. The van der Waals surface area contributed by atoms with Gasteiger partial charge >= 0.3 is 0 Å². The molecule has 1 fully saturated rings. The Hall–Kier alpha value is -1.66. The van der Waals surface area contributed by atoms with Gasteiger partial charge < -0.3 is 4.42 Å². The van der Waals surface area contributed by atoms with Crippen molar-refractivity contribution >= 4 is 24.4 Å². The quantitative estimate of drug-likeness (QED) is 0.873. The summed E-state index contributed by atoms with van der Waals surface area (Å²) in [5.74, 6) is 3.23. The van der Waals surface area contributed by atoms with Crippen LogP contribution in [-0.4, -0.2) is 32.8 Å². The number of hydrogen-bond donors (Lipinski definition) is 1. The summed E-state index contributed by atoms with van der Waals surface area (Å²) in [4.78, 5) is 6.81. The second-order valence-corrected chi connectivity index (χ2v) is 6.43. The lowest BCUT2D eigenvalue weighted by atomic mass is 10.0. The Morgan fingerprint density at radius 3 is 3.05 bits per heavy atom. The summed E-state index contributed by atoms with van der Waals surface area (Å²) in [5.41, 5.74) is 0. The van der Waals surface area contributed by atoms with Crippen LogP contribution in [-0.2, 0) is 6.67 Å². The number of rotatable bonds is 4. The van der Waals surface area contributed by atoms with Crippen LogP contribution in [0.4, 0.5) is 0 Å². The van der Waals surface area contributed by atoms with E-state index in [4.69, 9.17) is 16.6 Å². The van der Waals surface area contributed by atoms with Gasteiger partial charge in [-0.25, -0.2) is 4.68 Å². The Morgan fingerprint density at radius 1 is 1.45 bits per heavy atom. The molecule has 0 aliphatic carbocycles. The number of H-pyrrole nitrogens is 1. The summed E-state index contributed by atoms with van der Waals surface area (Å²) in [6.07, 6.45) is 6.37. The Kier molecular flexibility index (Phi) is 4.59. The van der Waals surface area contributed by atoms with Crippen LogP contribution in [0.25, 0.3) is 12.2 Å². The molecule has 3 rings (SSSR count). The van der Waals surface area contributed by atoms with Crippen molar-refractivity contribution in [3.8, 4) is 0 Å². The van der Waals surface area contributed by atoms with Gasteiger partial charge in [-0.1, -0.05) is 6.92 Å². The van der Waals surface area contributed by atoms with Crippen molar-refractivity contribution in [2.45, 2.75) is 33.4 Å². The van der Waals surface area contributed by atoms with Gasteiger partial charge in [0.25, 0.3) is 0 Å². The van der Waals surface area contributed by atoms with Crippen LogP contribution in [0.2, 0.25) is 0 Å². The molecular weight excluding hydrogens is 296 g/mol. The summed E-state index contributed by atoms with van der Waals surface area (Å²) in [6, 6.07) is 3.88. The first-order chi connectivity index (χ1) is 10.6. The zero-order valence-corrected chi connectivity index (χ0v) is 13.9. The molecule has 0 radical (unpaired) electrons. The summed E-state index contributed by atoms with van der Waals surface area (Å²) < 4.78 is 8.03. The Balaban J connectivity index is 1.68. The van der Waals surface area contributed by atoms with Crippen molar-refractivity contribution in [2.24, 2.45) is 5.92 Å². The van der Waals surface area contributed by atoms with Crippen molar-refractivity contribution in [3.05, 3.63) is 34.2 Å². The number of likely N-dealkylation sites (tertiary alicyclic amines) is 1. The lowest BCUT2D eigenvalue weighted by molar-refractivity contribution is 0.138. The summed E-state index contributed by atoms with van der Waals surface area (Å²) >= 11 is 5.34. The Morgan fingerprint density at radius 2 is 2.32 bits per heavy atom. The van der Waals surface area contributed by atoms with Gasteiger partial charge in [-0.05, 0) is 68.7 Å². The van der Waals surface area contributed by atoms with E-state index in [-0.39, 0.29) is 0 Å². The third-order valence-corrected chi connectivity index (χ3v) is 4.26. The molecule has 1 unspecified atom stereocenters. The molecule has 6 heteroatoms. The van der Waals surface area contributed by atoms with E-state index in [1.165, 1.54) is 12.8 Å². The lowest BCUT2D eigenvalue weighted by Crippen LogP contribution is -2.36. The standard InChI is InChI=1S/C16H22N4OS/c1-12-4-3-9-19(10-12)11-20-16(22)17-15(18-20)8-7-14-6-5-13(2)21-14/h5-8,12H,3-4,9-11H2,1-2H3,(H,17,18,22). The van der Waals surface area contributed by atoms with Gasteiger partial charge in [-0.15, -0.1) is 0 Å². The fourth-order valence-electron chi connectivity index (χ4n) is 2.86. The first-order valence-electron chi connectivity index (χ1n) is 7.74. The number of nitrogens with zero attached hydrogens (tertiary/aromatic N) is 3. The molecule has 0 bridgehead atoms. The van der Waals surface area contributed by atoms with Gasteiger partial charge in [0.15, 0.2) is 0 Å². The van der Waals surface area contributed by atoms with Crippen LogP contribution in [0.5, 0.6) is 0 Å². The topological polar surface area (TPSA) is 50.0 Å². The number of aryl methyl sites for hydroxylation is 1. The molecular formula is C16H22N4OS. The summed E-state index contributed by atoms with van der Waals surface area (Å²) in [5, 5.41) is 3.25. The number of hydrogen-bond acceptors (Lipinski definition) is 4. The number of piperidine rings is 1. The van der Waals surface area contributed by atoms with Gasteiger partial charge in [0.05, 0.1) is 6.67 Å². The number of aromatic amines is 1. The Bertz CT molecular complexity index is 712. The molecule has 118 valence electrons. The molecule has 2 aromatic heterocycles. The SMILES string of the molecule is Cc1ccc(C=Cc2nc(=S)n(CN3CCCC(C)C3)[nH]2)o1. The molecule has 5 nitrogen and oxygen atoms in total. The van der Waals surface area contributed by atoms with E-state index in [0.717, 1.165) is 43.0 Å². The van der Waals surface area contributed by atoms with Crippen LogP contribution in [0.15, 0.2) is 16.5 Å². The maximum Gasteiger partial charge on any atom is 0.217 e. The van der Waals surface area contributed by atoms with Crippen molar-refractivity contribution in [1.29, 1.82) is 0 Å². The van der Waals surface area contributed by atoms with E-state index in [9.17, 15) is 0 Å². The highest BCUT2D eigenvalue weighted by molar-refractivity contribution is 7.71. The lowest BCUT2D eigenvalue weighted by Gasteiger charge is -2.30. The zero-order valence-electron chi connectivity index (χ0n) is 13.1. The van der Waals surface area contributed by atoms with Crippen LogP contribution in [0.1, 0.15) is 37.1 Å². The highest BCUT2D eigenvalue weighted by Gasteiger charge is 2.16. The zero-order chi connectivity index (χ0) is 15.5. The fourth-order valence-corrected chi connectivity index (χ4v) is 3.07. The van der Waals surface area contributed by atoms with E-state index >= 15 is 0 Å². The van der Waals surface area contributed by atoms with Crippen LogP contribution in [0, 0.1) is 17.6 Å². The van der Waals surface area contributed by atoms with E-state index in [1.54, 1.807) is 0 Å². The smallest absolute Gasteiger partial charge is 0.217 e. The van der Waals surface area contributed by atoms with Crippen molar-refractivity contribution in [3.63, 3.8) is 0 Å². The van der Waals surface area contributed by atoms with Crippen LogP contribution >= 0.6 is 12.2 Å². The second kappa shape index (κ2) is 6.62. The molecule has 1 N–H and O–H groups in total. The van der Waals surface area contributed by atoms with Crippen LogP contribution < -0.4 is 0 Å². The number of nitrogens with one attached hydrogen (secondary N) is 1. The van der Waals surface area contributed by atoms with Gasteiger partial charge in [-0.3, -0.25) is 10.00 Å². The van der Waals surface area contributed by atoms with E-state index in [0.29, 0.717) is 4.77 Å². The highest BCUT2D eigenvalue weighted by atomic mass is 32.1. The first kappa shape index (κ1) is 15.2.